The first kappa shape index (κ1) is 16.1. The normalized spacial score (nSPS) is 11.0. The van der Waals surface area contributed by atoms with Gasteiger partial charge in [0.1, 0.15) is 5.82 Å². The lowest BCUT2D eigenvalue weighted by Gasteiger charge is -2.02. The van der Waals surface area contributed by atoms with Crippen LogP contribution in [0.1, 0.15) is 0 Å². The van der Waals surface area contributed by atoms with Gasteiger partial charge in [0.15, 0.2) is 11.6 Å². The highest BCUT2D eigenvalue weighted by Gasteiger charge is 2.19. The lowest BCUT2D eigenvalue weighted by molar-refractivity contribution is 0.508. The minimum absolute atomic E-state index is 0.00475. The van der Waals surface area contributed by atoms with Crippen molar-refractivity contribution in [3.05, 3.63) is 56.8 Å². The summed E-state index contributed by atoms with van der Waals surface area (Å²) in [6, 6.07) is 3.81. The van der Waals surface area contributed by atoms with Crippen LogP contribution in [0.2, 0.25) is 15.1 Å². The van der Waals surface area contributed by atoms with Crippen LogP contribution in [0.15, 0.2) is 28.7 Å². The molecule has 0 amide bonds. The minimum Gasteiger partial charge on any atom is -0.416 e. The third-order valence-electron chi connectivity index (χ3n) is 2.91. The van der Waals surface area contributed by atoms with E-state index in [0.717, 1.165) is 18.2 Å². The molecule has 0 aliphatic carbocycles. The number of halogens is 6. The van der Waals surface area contributed by atoms with Gasteiger partial charge in [-0.15, -0.1) is 10.2 Å². The van der Waals surface area contributed by atoms with E-state index in [4.69, 9.17) is 39.2 Å². The molecule has 23 heavy (non-hydrogen) atoms. The SMILES string of the molecule is Fc1cc(Cl)c(-c2nnc(-c3cc(F)c(Cl)cc3Cl)o2)cc1F. The van der Waals surface area contributed by atoms with E-state index in [9.17, 15) is 13.2 Å². The van der Waals surface area contributed by atoms with E-state index in [2.05, 4.69) is 10.2 Å². The fourth-order valence-corrected chi connectivity index (χ4v) is 2.51. The summed E-state index contributed by atoms with van der Waals surface area (Å²) < 4.78 is 45.3. The number of nitrogens with zero attached hydrogens (tertiary/aromatic N) is 2. The van der Waals surface area contributed by atoms with Crippen LogP contribution in [-0.2, 0) is 0 Å². The van der Waals surface area contributed by atoms with Gasteiger partial charge in [-0.05, 0) is 24.3 Å². The zero-order valence-corrected chi connectivity index (χ0v) is 13.1. The summed E-state index contributed by atoms with van der Waals surface area (Å²) in [6.07, 6.45) is 0. The molecule has 2 aromatic carbocycles. The summed E-state index contributed by atoms with van der Waals surface area (Å²) >= 11 is 17.4. The maximum atomic E-state index is 13.5. The molecule has 0 saturated heterocycles. The molecule has 1 heterocycles. The van der Waals surface area contributed by atoms with E-state index in [1.807, 2.05) is 0 Å². The largest absolute Gasteiger partial charge is 0.416 e. The van der Waals surface area contributed by atoms with Gasteiger partial charge in [-0.2, -0.15) is 0 Å². The van der Waals surface area contributed by atoms with Crippen molar-refractivity contribution in [3.8, 4) is 22.9 Å². The minimum atomic E-state index is -1.13. The Morgan fingerprint density at radius 3 is 1.74 bits per heavy atom. The lowest BCUT2D eigenvalue weighted by Crippen LogP contribution is -1.87. The van der Waals surface area contributed by atoms with Crippen LogP contribution >= 0.6 is 34.8 Å². The highest BCUT2D eigenvalue weighted by Crippen LogP contribution is 2.35. The summed E-state index contributed by atoms with van der Waals surface area (Å²) in [4.78, 5) is 0. The molecule has 0 bridgehead atoms. The Morgan fingerprint density at radius 1 is 0.652 bits per heavy atom. The Bertz CT molecular complexity index is 843. The molecule has 0 spiro atoms. The first-order valence-electron chi connectivity index (χ1n) is 6.00. The van der Waals surface area contributed by atoms with E-state index < -0.39 is 17.5 Å². The second-order valence-electron chi connectivity index (χ2n) is 4.40. The molecule has 3 rings (SSSR count). The smallest absolute Gasteiger partial charge is 0.249 e. The summed E-state index contributed by atoms with van der Waals surface area (Å²) in [5, 5.41) is 7.19. The molecule has 0 aliphatic rings. The molecule has 118 valence electrons. The van der Waals surface area contributed by atoms with Crippen molar-refractivity contribution >= 4 is 34.8 Å². The Balaban J connectivity index is 2.08. The Labute approximate surface area is 142 Å². The average molecular weight is 380 g/mol. The van der Waals surface area contributed by atoms with Gasteiger partial charge in [0.2, 0.25) is 11.8 Å². The van der Waals surface area contributed by atoms with Gasteiger partial charge in [-0.1, -0.05) is 34.8 Å². The fraction of sp³-hybridized carbons (Fsp3) is 0. The van der Waals surface area contributed by atoms with E-state index >= 15 is 0 Å². The van der Waals surface area contributed by atoms with Crippen molar-refractivity contribution in [1.82, 2.24) is 10.2 Å². The predicted octanol–water partition coefficient (Wildman–Crippen LogP) is 5.78. The quantitative estimate of drug-likeness (QED) is 0.530. The third-order valence-corrected chi connectivity index (χ3v) is 3.82. The highest BCUT2D eigenvalue weighted by molar-refractivity contribution is 6.36. The van der Waals surface area contributed by atoms with Crippen LogP contribution in [0.4, 0.5) is 13.2 Å². The number of rotatable bonds is 2. The molecule has 0 fully saturated rings. The molecule has 0 radical (unpaired) electrons. The van der Waals surface area contributed by atoms with Gasteiger partial charge >= 0.3 is 0 Å². The molecule has 3 aromatic rings. The monoisotopic (exact) mass is 378 g/mol. The van der Waals surface area contributed by atoms with E-state index in [1.54, 1.807) is 0 Å². The molecule has 0 aliphatic heterocycles. The topological polar surface area (TPSA) is 38.9 Å². The molecule has 0 atom stereocenters. The van der Waals surface area contributed by atoms with Gasteiger partial charge in [0.25, 0.3) is 0 Å². The predicted molar refractivity (Wildman–Crippen MR) is 80.1 cm³/mol. The summed E-state index contributed by atoms with van der Waals surface area (Å²) in [6.45, 7) is 0. The number of hydrogen-bond donors (Lipinski definition) is 0. The Kier molecular flexibility index (Phi) is 4.23. The lowest BCUT2D eigenvalue weighted by atomic mass is 10.2. The number of benzene rings is 2. The summed E-state index contributed by atoms with van der Waals surface area (Å²) in [7, 11) is 0. The molecular weight excluding hydrogens is 376 g/mol. The highest BCUT2D eigenvalue weighted by atomic mass is 35.5. The molecule has 3 nitrogen and oxygen atoms in total. The van der Waals surface area contributed by atoms with Crippen molar-refractivity contribution in [1.29, 1.82) is 0 Å². The first-order valence-corrected chi connectivity index (χ1v) is 7.13. The third kappa shape index (κ3) is 3.02. The van der Waals surface area contributed by atoms with Crippen molar-refractivity contribution in [2.45, 2.75) is 0 Å². The molecule has 0 unspecified atom stereocenters. The van der Waals surface area contributed by atoms with Gasteiger partial charge in [-0.25, -0.2) is 13.2 Å². The van der Waals surface area contributed by atoms with E-state index in [0.29, 0.717) is 0 Å². The second-order valence-corrected chi connectivity index (χ2v) is 5.63. The van der Waals surface area contributed by atoms with Crippen molar-refractivity contribution in [3.63, 3.8) is 0 Å². The van der Waals surface area contributed by atoms with E-state index in [1.165, 1.54) is 6.07 Å². The molecule has 0 N–H and O–H groups in total. The fourth-order valence-electron chi connectivity index (χ4n) is 1.81. The van der Waals surface area contributed by atoms with Crippen LogP contribution in [0.5, 0.6) is 0 Å². The zero-order valence-electron chi connectivity index (χ0n) is 10.9. The van der Waals surface area contributed by atoms with Crippen LogP contribution < -0.4 is 0 Å². The van der Waals surface area contributed by atoms with E-state index in [-0.39, 0.29) is 38.0 Å². The second kappa shape index (κ2) is 6.03. The van der Waals surface area contributed by atoms with Crippen LogP contribution in [0.3, 0.4) is 0 Å². The molecule has 9 heteroatoms. The molecular formula is C14H4Cl3F3N2O. The summed E-state index contributed by atoms with van der Waals surface area (Å²) in [5.41, 5.74) is 0.0981. The standard InChI is InChI=1S/C14H4Cl3F3N2O/c15-7-3-9(17)10(18)1-5(7)13-21-22-14(23-13)6-2-11(19)12(20)4-8(6)16/h1-4H. The van der Waals surface area contributed by atoms with Gasteiger partial charge in [0.05, 0.1) is 26.2 Å². The average Bonchev–Trinajstić information content (AvgIpc) is 2.96. The Morgan fingerprint density at radius 2 is 1.13 bits per heavy atom. The van der Waals surface area contributed by atoms with Gasteiger partial charge in [-0.3, -0.25) is 0 Å². The maximum absolute atomic E-state index is 13.5. The van der Waals surface area contributed by atoms with Crippen LogP contribution in [0, 0.1) is 17.5 Å². The van der Waals surface area contributed by atoms with Crippen molar-refractivity contribution < 1.29 is 17.6 Å². The Hall–Kier alpha value is -1.76. The van der Waals surface area contributed by atoms with Gasteiger partial charge in [0, 0.05) is 0 Å². The molecule has 1 aromatic heterocycles. The van der Waals surface area contributed by atoms with Crippen molar-refractivity contribution in [2.75, 3.05) is 0 Å². The first-order chi connectivity index (χ1) is 10.9. The van der Waals surface area contributed by atoms with Crippen molar-refractivity contribution in [2.24, 2.45) is 0 Å². The molecule has 0 saturated carbocycles. The number of aromatic nitrogens is 2. The zero-order chi connectivity index (χ0) is 16.7. The number of hydrogen-bond acceptors (Lipinski definition) is 3. The maximum Gasteiger partial charge on any atom is 0.249 e. The van der Waals surface area contributed by atoms with Crippen LogP contribution in [-0.4, -0.2) is 10.2 Å². The van der Waals surface area contributed by atoms with Crippen LogP contribution in [0.25, 0.3) is 22.9 Å². The summed E-state index contributed by atoms with van der Waals surface area (Å²) in [5.74, 6) is -3.26. The van der Waals surface area contributed by atoms with Gasteiger partial charge < -0.3 is 4.42 Å².